The van der Waals surface area contributed by atoms with Crippen molar-refractivity contribution in [2.75, 3.05) is 20.1 Å². The van der Waals surface area contributed by atoms with Crippen LogP contribution in [0, 0.1) is 5.92 Å². The van der Waals surface area contributed by atoms with E-state index in [1.165, 1.54) is 34.8 Å². The average molecular weight is 458 g/mol. The van der Waals surface area contributed by atoms with Crippen molar-refractivity contribution in [3.8, 4) is 0 Å². The molecule has 1 aliphatic rings. The van der Waals surface area contributed by atoms with Gasteiger partial charge in [-0.3, -0.25) is 9.69 Å². The number of amides is 1. The minimum Gasteiger partial charge on any atom is -0.348 e. The van der Waals surface area contributed by atoms with E-state index in [2.05, 4.69) is 29.3 Å². The minimum atomic E-state index is -3.63. The van der Waals surface area contributed by atoms with E-state index >= 15 is 0 Å². The van der Waals surface area contributed by atoms with E-state index in [-0.39, 0.29) is 16.8 Å². The Bertz CT molecular complexity index is 1010. The Labute approximate surface area is 192 Å². The van der Waals surface area contributed by atoms with Crippen LogP contribution in [0.1, 0.15) is 55.1 Å². The van der Waals surface area contributed by atoms with Crippen LogP contribution in [0.2, 0.25) is 0 Å². The Hall–Kier alpha value is -2.22. The smallest absolute Gasteiger partial charge is 0.251 e. The summed E-state index contributed by atoms with van der Waals surface area (Å²) in [5.41, 5.74) is 2.62. The monoisotopic (exact) mass is 457 g/mol. The van der Waals surface area contributed by atoms with Crippen LogP contribution in [-0.2, 0) is 23.1 Å². The summed E-state index contributed by atoms with van der Waals surface area (Å²) in [4.78, 5) is 15.2. The minimum absolute atomic E-state index is 0.123. The van der Waals surface area contributed by atoms with Gasteiger partial charge in [0.2, 0.25) is 10.0 Å². The molecule has 2 aromatic carbocycles. The number of carbonyl (C=O) groups is 1. The molecule has 0 unspecified atom stereocenters. The Morgan fingerprint density at radius 2 is 1.72 bits per heavy atom. The molecule has 32 heavy (non-hydrogen) atoms. The van der Waals surface area contributed by atoms with Crippen molar-refractivity contribution in [1.29, 1.82) is 0 Å². The molecule has 6 nitrogen and oxygen atoms in total. The molecule has 0 bridgehead atoms. The zero-order valence-electron chi connectivity index (χ0n) is 19.5. The molecule has 3 rings (SSSR count). The molecule has 1 fully saturated rings. The van der Waals surface area contributed by atoms with Gasteiger partial charge in [-0.15, -0.1) is 0 Å². The zero-order valence-corrected chi connectivity index (χ0v) is 20.4. The largest absolute Gasteiger partial charge is 0.348 e. The average Bonchev–Trinajstić information content (AvgIpc) is 2.79. The van der Waals surface area contributed by atoms with Gasteiger partial charge in [0.25, 0.3) is 5.91 Å². The molecule has 0 spiro atoms. The first kappa shape index (κ1) is 24.4. The highest BCUT2D eigenvalue weighted by molar-refractivity contribution is 7.89. The first-order valence-corrected chi connectivity index (χ1v) is 12.8. The number of benzene rings is 2. The lowest BCUT2D eigenvalue weighted by molar-refractivity contribution is 0.0950. The highest BCUT2D eigenvalue weighted by Gasteiger charge is 2.24. The summed E-state index contributed by atoms with van der Waals surface area (Å²) in [5, 5.41) is 2.89. The summed E-state index contributed by atoms with van der Waals surface area (Å²) in [6, 6.07) is 14.3. The van der Waals surface area contributed by atoms with Crippen molar-refractivity contribution >= 4 is 15.9 Å². The first-order chi connectivity index (χ1) is 15.2. The van der Waals surface area contributed by atoms with Gasteiger partial charge in [0.15, 0.2) is 0 Å². The van der Waals surface area contributed by atoms with E-state index in [0.29, 0.717) is 12.1 Å². The van der Waals surface area contributed by atoms with Crippen molar-refractivity contribution in [3.05, 3.63) is 65.2 Å². The summed E-state index contributed by atoms with van der Waals surface area (Å²) < 4.78 is 26.7. The van der Waals surface area contributed by atoms with Gasteiger partial charge in [-0.1, -0.05) is 37.3 Å². The van der Waals surface area contributed by atoms with Gasteiger partial charge in [0, 0.05) is 31.7 Å². The molecular formula is C25H35N3O3S. The topological polar surface area (TPSA) is 69.7 Å². The third kappa shape index (κ3) is 6.18. The van der Waals surface area contributed by atoms with Crippen molar-refractivity contribution in [2.24, 2.45) is 5.92 Å². The highest BCUT2D eigenvalue weighted by atomic mass is 32.2. The van der Waals surface area contributed by atoms with Gasteiger partial charge in [-0.05, 0) is 75.0 Å². The van der Waals surface area contributed by atoms with Gasteiger partial charge in [-0.25, -0.2) is 8.42 Å². The maximum absolute atomic E-state index is 12.7. The molecule has 7 heteroatoms. The molecule has 1 amide bonds. The number of nitrogens with one attached hydrogen (secondary N) is 1. The van der Waals surface area contributed by atoms with Crippen molar-refractivity contribution in [2.45, 2.75) is 57.6 Å². The van der Waals surface area contributed by atoms with E-state index in [4.69, 9.17) is 0 Å². The Balaban J connectivity index is 1.58. The van der Waals surface area contributed by atoms with Crippen LogP contribution in [0.4, 0.5) is 0 Å². The van der Waals surface area contributed by atoms with Crippen LogP contribution in [0.25, 0.3) is 0 Å². The van der Waals surface area contributed by atoms with E-state index in [0.717, 1.165) is 31.1 Å². The number of piperidine rings is 1. The lowest BCUT2D eigenvalue weighted by Gasteiger charge is -2.30. The van der Waals surface area contributed by atoms with Gasteiger partial charge < -0.3 is 5.32 Å². The van der Waals surface area contributed by atoms with E-state index in [1.54, 1.807) is 19.2 Å². The number of carbonyl (C=O) groups excluding carboxylic acids is 1. The van der Waals surface area contributed by atoms with Crippen LogP contribution >= 0.6 is 0 Å². The fraction of sp³-hybridized carbons (Fsp3) is 0.480. The van der Waals surface area contributed by atoms with Crippen LogP contribution < -0.4 is 5.32 Å². The highest BCUT2D eigenvalue weighted by Crippen LogP contribution is 2.19. The Morgan fingerprint density at radius 1 is 1.09 bits per heavy atom. The third-order valence-corrected chi connectivity index (χ3v) is 8.29. The van der Waals surface area contributed by atoms with E-state index in [1.807, 2.05) is 26.0 Å². The normalized spacial score (nSPS) is 15.9. The van der Waals surface area contributed by atoms with Crippen LogP contribution in [-0.4, -0.2) is 49.7 Å². The lowest BCUT2D eigenvalue weighted by atomic mass is 9.99. The maximum Gasteiger partial charge on any atom is 0.251 e. The predicted molar refractivity (Wildman–Crippen MR) is 128 cm³/mol. The van der Waals surface area contributed by atoms with Crippen molar-refractivity contribution in [1.82, 2.24) is 14.5 Å². The molecule has 0 radical (unpaired) electrons. The van der Waals surface area contributed by atoms with E-state index < -0.39 is 10.0 Å². The molecular weight excluding hydrogens is 422 g/mol. The second kappa shape index (κ2) is 10.6. The van der Waals surface area contributed by atoms with Crippen LogP contribution in [0.3, 0.4) is 0 Å². The maximum atomic E-state index is 12.7. The molecule has 1 saturated heterocycles. The number of hydrogen-bond donors (Lipinski definition) is 1. The molecule has 0 aliphatic carbocycles. The number of likely N-dealkylation sites (tertiary alicyclic amines) is 1. The molecule has 0 aromatic heterocycles. The summed E-state index contributed by atoms with van der Waals surface area (Å²) >= 11 is 0. The molecule has 1 N–H and O–H groups in total. The SMILES string of the molecule is CC1CCN(Cc2ccc(CNC(=O)c3cccc(S(=O)(=O)N(C)C(C)C)c3)cc2)CC1. The summed E-state index contributed by atoms with van der Waals surface area (Å²) in [6.45, 7) is 9.61. The molecule has 0 saturated carbocycles. The first-order valence-electron chi connectivity index (χ1n) is 11.3. The van der Waals surface area contributed by atoms with Crippen molar-refractivity contribution < 1.29 is 13.2 Å². The second-order valence-electron chi connectivity index (χ2n) is 9.10. The third-order valence-electron chi connectivity index (χ3n) is 6.26. The van der Waals surface area contributed by atoms with Gasteiger partial charge in [0.1, 0.15) is 0 Å². The molecule has 174 valence electrons. The number of rotatable bonds is 8. The van der Waals surface area contributed by atoms with Crippen LogP contribution in [0.15, 0.2) is 53.4 Å². The Kier molecular flexibility index (Phi) is 8.09. The molecule has 1 aliphatic heterocycles. The number of nitrogens with zero attached hydrogens (tertiary/aromatic N) is 2. The van der Waals surface area contributed by atoms with Gasteiger partial charge in [-0.2, -0.15) is 4.31 Å². The van der Waals surface area contributed by atoms with Crippen molar-refractivity contribution in [3.63, 3.8) is 0 Å². The number of hydrogen-bond acceptors (Lipinski definition) is 4. The number of sulfonamides is 1. The molecule has 2 aromatic rings. The standard InChI is InChI=1S/C25H35N3O3S/c1-19(2)27(4)32(30,31)24-7-5-6-23(16-24)25(29)26-17-21-8-10-22(11-9-21)18-28-14-12-20(3)13-15-28/h5-11,16,19-20H,12-15,17-18H2,1-4H3,(H,26,29). The summed E-state index contributed by atoms with van der Waals surface area (Å²) in [5.74, 6) is 0.537. The molecule has 1 heterocycles. The van der Waals surface area contributed by atoms with Crippen LogP contribution in [0.5, 0.6) is 0 Å². The molecule has 0 atom stereocenters. The summed E-state index contributed by atoms with van der Waals surface area (Å²) in [6.07, 6.45) is 2.53. The summed E-state index contributed by atoms with van der Waals surface area (Å²) in [7, 11) is -2.09. The Morgan fingerprint density at radius 3 is 2.34 bits per heavy atom. The van der Waals surface area contributed by atoms with Gasteiger partial charge in [0.05, 0.1) is 4.90 Å². The second-order valence-corrected chi connectivity index (χ2v) is 11.1. The predicted octanol–water partition coefficient (Wildman–Crippen LogP) is 3.88. The lowest BCUT2D eigenvalue weighted by Crippen LogP contribution is -2.33. The fourth-order valence-electron chi connectivity index (χ4n) is 3.77. The van der Waals surface area contributed by atoms with E-state index in [9.17, 15) is 13.2 Å². The fourth-order valence-corrected chi connectivity index (χ4v) is 5.18. The van der Waals surface area contributed by atoms with Gasteiger partial charge >= 0.3 is 0 Å². The zero-order chi connectivity index (χ0) is 23.3. The quantitative estimate of drug-likeness (QED) is 0.653.